The van der Waals surface area contributed by atoms with E-state index in [9.17, 15) is 9.59 Å². The smallest absolute Gasteiger partial charge is 0.220 e. The van der Waals surface area contributed by atoms with Gasteiger partial charge in [-0.15, -0.1) is 0 Å². The summed E-state index contributed by atoms with van der Waals surface area (Å²) >= 11 is 0. The summed E-state index contributed by atoms with van der Waals surface area (Å²) < 4.78 is 0. The van der Waals surface area contributed by atoms with E-state index in [4.69, 9.17) is 0 Å². The van der Waals surface area contributed by atoms with Crippen molar-refractivity contribution in [3.8, 4) is 0 Å². The highest BCUT2D eigenvalue weighted by atomic mass is 16.2. The topological polar surface area (TPSA) is 58.2 Å². The number of hydrogen-bond acceptors (Lipinski definition) is 2. The van der Waals surface area contributed by atoms with E-state index in [2.05, 4.69) is 48.8 Å². The first-order valence-electron chi connectivity index (χ1n) is 24.1. The van der Waals surface area contributed by atoms with Crippen LogP contribution in [-0.2, 0) is 9.59 Å². The predicted molar refractivity (Wildman–Crippen MR) is 234 cm³/mol. The van der Waals surface area contributed by atoms with Gasteiger partial charge in [0.05, 0.1) is 0 Å². The molecule has 0 saturated heterocycles. The van der Waals surface area contributed by atoms with Crippen molar-refractivity contribution in [2.75, 3.05) is 0 Å². The number of carbonyl (C=O) groups is 2. The summed E-state index contributed by atoms with van der Waals surface area (Å²) in [5.41, 5.74) is 0. The van der Waals surface area contributed by atoms with Crippen molar-refractivity contribution in [3.63, 3.8) is 0 Å². The van der Waals surface area contributed by atoms with Crippen LogP contribution in [0.5, 0.6) is 0 Å². The Morgan fingerprint density at radius 3 is 0.906 bits per heavy atom. The van der Waals surface area contributed by atoms with Crippen LogP contribution in [0.15, 0.2) is 24.3 Å². The Labute approximate surface area is 331 Å². The molecule has 2 atom stereocenters. The van der Waals surface area contributed by atoms with E-state index in [1.807, 2.05) is 0 Å². The molecule has 310 valence electrons. The van der Waals surface area contributed by atoms with Crippen molar-refractivity contribution in [3.05, 3.63) is 24.3 Å². The van der Waals surface area contributed by atoms with E-state index in [0.717, 1.165) is 44.9 Å². The minimum atomic E-state index is 0.114. The van der Waals surface area contributed by atoms with Crippen LogP contribution in [0.25, 0.3) is 0 Å². The van der Waals surface area contributed by atoms with Gasteiger partial charge in [0.1, 0.15) is 0 Å². The number of unbranched alkanes of at least 4 members (excludes halogenated alkanes) is 30. The van der Waals surface area contributed by atoms with Gasteiger partial charge in [-0.2, -0.15) is 0 Å². The molecule has 4 heteroatoms. The van der Waals surface area contributed by atoms with Crippen molar-refractivity contribution in [1.29, 1.82) is 0 Å². The van der Waals surface area contributed by atoms with Gasteiger partial charge in [-0.05, 0) is 83.5 Å². The van der Waals surface area contributed by atoms with E-state index in [0.29, 0.717) is 12.8 Å². The molecule has 4 nitrogen and oxygen atoms in total. The summed E-state index contributed by atoms with van der Waals surface area (Å²) in [6, 6.07) is 0.228. The summed E-state index contributed by atoms with van der Waals surface area (Å²) in [5, 5.41) is 6.52. The zero-order valence-electron chi connectivity index (χ0n) is 35.9. The largest absolute Gasteiger partial charge is 0.351 e. The van der Waals surface area contributed by atoms with Crippen LogP contribution in [0.1, 0.15) is 264 Å². The highest BCUT2D eigenvalue weighted by molar-refractivity contribution is 5.78. The van der Waals surface area contributed by atoms with Crippen molar-refractivity contribution < 1.29 is 9.59 Å². The number of hydrogen-bond donors (Lipinski definition) is 2. The number of allylic oxidation sites excluding steroid dienone is 4. The van der Waals surface area contributed by atoms with Gasteiger partial charge in [-0.3, -0.25) is 9.59 Å². The van der Waals surface area contributed by atoms with E-state index in [1.54, 1.807) is 0 Å². The average Bonchev–Trinajstić information content (AvgIpc) is 3.58. The van der Waals surface area contributed by atoms with E-state index >= 15 is 0 Å². The molecule has 0 radical (unpaired) electrons. The molecule has 2 N–H and O–H groups in total. The Morgan fingerprint density at radius 2 is 0.623 bits per heavy atom. The molecule has 0 aliphatic heterocycles. The molecule has 53 heavy (non-hydrogen) atoms. The molecule has 1 saturated carbocycles. The summed E-state index contributed by atoms with van der Waals surface area (Å²) in [7, 11) is 0. The molecular formula is C49H92N2O2. The molecule has 1 rings (SSSR count). The quantitative estimate of drug-likeness (QED) is 0.0485. The van der Waals surface area contributed by atoms with E-state index < -0.39 is 0 Å². The van der Waals surface area contributed by atoms with Crippen molar-refractivity contribution >= 4 is 11.8 Å². The first-order valence-corrected chi connectivity index (χ1v) is 24.1. The molecule has 2 amide bonds. The number of carbonyl (C=O) groups excluding carboxylic acids is 2. The van der Waals surface area contributed by atoms with E-state index in [1.165, 1.54) is 193 Å². The summed E-state index contributed by atoms with van der Waals surface area (Å²) in [6.45, 7) is 4.57. The lowest BCUT2D eigenvalue weighted by Crippen LogP contribution is -2.48. The maximum absolute atomic E-state index is 12.6. The molecule has 0 heterocycles. The average molecular weight is 741 g/mol. The third kappa shape index (κ3) is 34.6. The predicted octanol–water partition coefficient (Wildman–Crippen LogP) is 15.3. The second-order valence-electron chi connectivity index (χ2n) is 16.8. The molecule has 0 aromatic rings. The molecule has 1 aliphatic carbocycles. The van der Waals surface area contributed by atoms with Crippen LogP contribution in [0, 0.1) is 0 Å². The monoisotopic (exact) mass is 741 g/mol. The third-order valence-corrected chi connectivity index (χ3v) is 11.5. The first kappa shape index (κ1) is 49.4. The minimum absolute atomic E-state index is 0.114. The first-order chi connectivity index (χ1) is 26.2. The summed E-state index contributed by atoms with van der Waals surface area (Å²) in [6.07, 6.45) is 58.6. The van der Waals surface area contributed by atoms with Gasteiger partial charge in [-0.25, -0.2) is 0 Å². The molecule has 0 bridgehead atoms. The van der Waals surface area contributed by atoms with Gasteiger partial charge in [0.2, 0.25) is 11.8 Å². The fraction of sp³-hybridized carbons (Fsp3) is 0.878. The van der Waals surface area contributed by atoms with Crippen molar-refractivity contribution in [2.24, 2.45) is 0 Å². The highest BCUT2D eigenvalue weighted by Gasteiger charge is 2.29. The number of amides is 2. The number of rotatable bonds is 40. The maximum atomic E-state index is 12.6. The second kappa shape index (κ2) is 40.1. The molecular weight excluding hydrogens is 649 g/mol. The Hall–Kier alpha value is -1.58. The summed E-state index contributed by atoms with van der Waals surface area (Å²) in [5.74, 6) is 0.348. The SMILES string of the molecule is CCCCCCCC/C=C\CCCCCCCCCCCC(=O)N[C@H]1CCC[C@H]1NC(=O)CCCCCCCCCCC/C=C\CCCCCCCC. The van der Waals surface area contributed by atoms with Gasteiger partial charge in [-0.1, -0.05) is 192 Å². The Balaban J connectivity index is 1.88. The normalized spacial score (nSPS) is 16.0. The van der Waals surface area contributed by atoms with Gasteiger partial charge in [0, 0.05) is 24.9 Å². The second-order valence-corrected chi connectivity index (χ2v) is 16.8. The lowest BCUT2D eigenvalue weighted by Gasteiger charge is -2.22. The fourth-order valence-corrected chi connectivity index (χ4v) is 7.99. The zero-order chi connectivity index (χ0) is 38.1. The van der Waals surface area contributed by atoms with Gasteiger partial charge >= 0.3 is 0 Å². The van der Waals surface area contributed by atoms with Crippen LogP contribution in [0.2, 0.25) is 0 Å². The van der Waals surface area contributed by atoms with Crippen LogP contribution >= 0.6 is 0 Å². The molecule has 1 aliphatic rings. The highest BCUT2D eigenvalue weighted by Crippen LogP contribution is 2.21. The van der Waals surface area contributed by atoms with Gasteiger partial charge in [0.15, 0.2) is 0 Å². The standard InChI is InChI=1S/C49H92N2O2/c1-3-5-7-9-11-13-15-17-19-21-23-25-27-29-31-33-35-37-39-44-48(52)50-46-42-41-43-47(46)51-49(53)45-40-38-36-34-32-30-28-26-24-22-20-18-16-14-12-10-8-6-4-2/h17-20,46-47H,3-16,21-45H2,1-2H3,(H,50,52)(H,51,53)/b19-17-,20-18-/t46-,47+. The van der Waals surface area contributed by atoms with Crippen molar-refractivity contribution in [1.82, 2.24) is 10.6 Å². The Morgan fingerprint density at radius 1 is 0.377 bits per heavy atom. The third-order valence-electron chi connectivity index (χ3n) is 11.5. The van der Waals surface area contributed by atoms with Crippen LogP contribution in [0.4, 0.5) is 0 Å². The lowest BCUT2D eigenvalue weighted by molar-refractivity contribution is -0.124. The van der Waals surface area contributed by atoms with E-state index in [-0.39, 0.29) is 23.9 Å². The Bertz CT molecular complexity index is 783. The number of nitrogens with one attached hydrogen (secondary N) is 2. The summed E-state index contributed by atoms with van der Waals surface area (Å²) in [4.78, 5) is 25.3. The van der Waals surface area contributed by atoms with Crippen molar-refractivity contribution in [2.45, 2.75) is 276 Å². The lowest BCUT2D eigenvalue weighted by atomic mass is 10.0. The maximum Gasteiger partial charge on any atom is 0.220 e. The Kier molecular flexibility index (Phi) is 37.4. The van der Waals surface area contributed by atoms with Crippen LogP contribution in [0.3, 0.4) is 0 Å². The fourth-order valence-electron chi connectivity index (χ4n) is 7.99. The molecule has 0 spiro atoms. The van der Waals surface area contributed by atoms with Gasteiger partial charge < -0.3 is 10.6 Å². The minimum Gasteiger partial charge on any atom is -0.351 e. The van der Waals surface area contributed by atoms with Crippen LogP contribution < -0.4 is 10.6 Å². The molecule has 1 fully saturated rings. The molecule has 0 aromatic carbocycles. The van der Waals surface area contributed by atoms with Gasteiger partial charge in [0.25, 0.3) is 0 Å². The molecule has 0 unspecified atom stereocenters. The zero-order valence-corrected chi connectivity index (χ0v) is 35.9. The van der Waals surface area contributed by atoms with Crippen LogP contribution in [-0.4, -0.2) is 23.9 Å². The molecule has 0 aromatic heterocycles.